The van der Waals surface area contributed by atoms with Gasteiger partial charge >= 0.3 is 0 Å². The van der Waals surface area contributed by atoms with E-state index >= 15 is 0 Å². The van der Waals surface area contributed by atoms with Gasteiger partial charge in [0, 0.05) is 11.7 Å². The Morgan fingerprint density at radius 2 is 2.29 bits per heavy atom. The lowest BCUT2D eigenvalue weighted by Crippen LogP contribution is -2.35. The summed E-state index contributed by atoms with van der Waals surface area (Å²) in [6.45, 7) is 2.05. The first-order valence-electron chi connectivity index (χ1n) is 5.58. The van der Waals surface area contributed by atoms with E-state index in [4.69, 9.17) is 4.52 Å². The molecule has 0 spiro atoms. The van der Waals surface area contributed by atoms with Gasteiger partial charge in [0.2, 0.25) is 0 Å². The lowest BCUT2D eigenvalue weighted by Gasteiger charge is -2.21. The zero-order valence-corrected chi connectivity index (χ0v) is 9.46. The number of nitrogens with zero attached hydrogens (tertiary/aromatic N) is 2. The van der Waals surface area contributed by atoms with E-state index < -0.39 is 0 Å². The van der Waals surface area contributed by atoms with Gasteiger partial charge in [-0.25, -0.2) is 0 Å². The Morgan fingerprint density at radius 1 is 1.47 bits per heavy atom. The molecule has 4 heteroatoms. The van der Waals surface area contributed by atoms with Crippen molar-refractivity contribution in [2.45, 2.75) is 19.4 Å². The van der Waals surface area contributed by atoms with Crippen molar-refractivity contribution < 1.29 is 9.32 Å². The molecule has 0 saturated carbocycles. The number of aromatic nitrogens is 1. The van der Waals surface area contributed by atoms with E-state index in [0.29, 0.717) is 5.56 Å². The Labute approximate surface area is 98.8 Å². The number of fused-ring (bicyclic) bond motifs is 1. The van der Waals surface area contributed by atoms with Crippen LogP contribution in [0.1, 0.15) is 22.8 Å². The number of rotatable bonds is 1. The molecule has 0 bridgehead atoms. The molecule has 3 rings (SSSR count). The summed E-state index contributed by atoms with van der Waals surface area (Å²) in [5, 5.41) is 3.57. The summed E-state index contributed by atoms with van der Waals surface area (Å²) in [5.41, 5.74) is 2.70. The van der Waals surface area contributed by atoms with Crippen molar-refractivity contribution in [3.8, 4) is 0 Å². The molecule has 1 aliphatic heterocycles. The number of carbonyl (C=O) groups excluding carboxylic acids is 1. The van der Waals surface area contributed by atoms with Crippen molar-refractivity contribution in [3.63, 3.8) is 0 Å². The van der Waals surface area contributed by atoms with Gasteiger partial charge in [0.05, 0.1) is 11.8 Å². The summed E-state index contributed by atoms with van der Waals surface area (Å²) < 4.78 is 4.72. The third kappa shape index (κ3) is 1.53. The van der Waals surface area contributed by atoms with E-state index in [9.17, 15) is 4.79 Å². The molecule has 2 heterocycles. The van der Waals surface area contributed by atoms with Crippen LogP contribution in [0, 0.1) is 0 Å². The van der Waals surface area contributed by atoms with Gasteiger partial charge in [-0.3, -0.25) is 4.79 Å². The second-order valence-corrected chi connectivity index (χ2v) is 4.27. The number of para-hydroxylation sites is 1. The van der Waals surface area contributed by atoms with Crippen LogP contribution in [0.4, 0.5) is 5.69 Å². The normalized spacial score (nSPS) is 18.2. The highest BCUT2D eigenvalue weighted by Gasteiger charge is 2.31. The molecule has 1 atom stereocenters. The molecule has 1 aromatic heterocycles. The second kappa shape index (κ2) is 3.73. The topological polar surface area (TPSA) is 46.3 Å². The van der Waals surface area contributed by atoms with Crippen LogP contribution in [-0.2, 0) is 6.42 Å². The van der Waals surface area contributed by atoms with Gasteiger partial charge in [0.15, 0.2) is 0 Å². The Morgan fingerprint density at radius 3 is 3.06 bits per heavy atom. The first-order valence-corrected chi connectivity index (χ1v) is 5.58. The number of carbonyl (C=O) groups is 1. The predicted molar refractivity (Wildman–Crippen MR) is 62.9 cm³/mol. The van der Waals surface area contributed by atoms with E-state index in [1.54, 1.807) is 0 Å². The highest BCUT2D eigenvalue weighted by Crippen LogP contribution is 2.32. The first kappa shape index (κ1) is 10.1. The van der Waals surface area contributed by atoms with Crippen LogP contribution in [0.5, 0.6) is 0 Å². The molecule has 0 saturated heterocycles. The number of anilines is 1. The predicted octanol–water partition coefficient (Wildman–Crippen LogP) is 2.27. The number of benzene rings is 1. The third-order valence-corrected chi connectivity index (χ3v) is 3.11. The maximum Gasteiger partial charge on any atom is 0.263 e. The fourth-order valence-corrected chi connectivity index (χ4v) is 2.32. The number of hydrogen-bond acceptors (Lipinski definition) is 3. The largest absolute Gasteiger partial charge is 0.364 e. The standard InChI is InChI=1S/C13H12N2O2/c1-9-6-10-4-2-3-5-12(10)15(9)13(16)11-7-14-17-8-11/h2-5,7-9H,6H2,1H3. The smallest absolute Gasteiger partial charge is 0.263 e. The lowest BCUT2D eigenvalue weighted by atomic mass is 10.1. The molecule has 17 heavy (non-hydrogen) atoms. The van der Waals surface area contributed by atoms with E-state index in [-0.39, 0.29) is 11.9 Å². The number of hydrogen-bond donors (Lipinski definition) is 0. The molecule has 0 fully saturated rings. The highest BCUT2D eigenvalue weighted by atomic mass is 16.5. The quantitative estimate of drug-likeness (QED) is 0.752. The van der Waals surface area contributed by atoms with Gasteiger partial charge in [0.25, 0.3) is 5.91 Å². The minimum Gasteiger partial charge on any atom is -0.364 e. The van der Waals surface area contributed by atoms with Crippen molar-refractivity contribution in [1.29, 1.82) is 0 Å². The summed E-state index contributed by atoms with van der Waals surface area (Å²) >= 11 is 0. The Balaban J connectivity index is 2.01. The minimum atomic E-state index is -0.0521. The monoisotopic (exact) mass is 228 g/mol. The van der Waals surface area contributed by atoms with Gasteiger partial charge in [-0.05, 0) is 25.0 Å². The van der Waals surface area contributed by atoms with Crippen molar-refractivity contribution in [2.24, 2.45) is 0 Å². The Bertz CT molecular complexity index is 548. The summed E-state index contributed by atoms with van der Waals surface area (Å²) in [4.78, 5) is 14.1. The molecule has 0 aliphatic carbocycles. The fourth-order valence-electron chi connectivity index (χ4n) is 2.32. The summed E-state index contributed by atoms with van der Waals surface area (Å²) in [7, 11) is 0. The van der Waals surface area contributed by atoms with Crippen LogP contribution >= 0.6 is 0 Å². The molecule has 86 valence electrons. The van der Waals surface area contributed by atoms with Crippen molar-refractivity contribution in [1.82, 2.24) is 5.16 Å². The van der Waals surface area contributed by atoms with Crippen LogP contribution in [0.3, 0.4) is 0 Å². The van der Waals surface area contributed by atoms with E-state index in [2.05, 4.69) is 11.2 Å². The van der Waals surface area contributed by atoms with Gasteiger partial charge in [-0.1, -0.05) is 23.4 Å². The minimum absolute atomic E-state index is 0.0521. The van der Waals surface area contributed by atoms with E-state index in [0.717, 1.165) is 12.1 Å². The molecule has 0 N–H and O–H groups in total. The fraction of sp³-hybridized carbons (Fsp3) is 0.231. The molecular formula is C13H12N2O2. The van der Waals surface area contributed by atoms with Crippen molar-refractivity contribution in [2.75, 3.05) is 4.90 Å². The maximum absolute atomic E-state index is 12.3. The zero-order valence-electron chi connectivity index (χ0n) is 9.46. The summed E-state index contributed by atoms with van der Waals surface area (Å²) in [6.07, 6.45) is 3.74. The number of amides is 1. The molecule has 1 aliphatic rings. The first-order chi connectivity index (χ1) is 8.27. The van der Waals surface area contributed by atoms with Gasteiger partial charge in [0.1, 0.15) is 6.26 Å². The molecular weight excluding hydrogens is 216 g/mol. The van der Waals surface area contributed by atoms with Crippen molar-refractivity contribution in [3.05, 3.63) is 47.9 Å². The van der Waals surface area contributed by atoms with Crippen LogP contribution in [0.15, 0.2) is 41.2 Å². The van der Waals surface area contributed by atoms with E-state index in [1.165, 1.54) is 18.0 Å². The Hall–Kier alpha value is -2.10. The molecule has 1 unspecified atom stereocenters. The van der Waals surface area contributed by atoms with Crippen LogP contribution in [-0.4, -0.2) is 17.1 Å². The summed E-state index contributed by atoms with van der Waals surface area (Å²) in [5.74, 6) is -0.0521. The van der Waals surface area contributed by atoms with Crippen LogP contribution < -0.4 is 4.90 Å². The van der Waals surface area contributed by atoms with Crippen LogP contribution in [0.2, 0.25) is 0 Å². The second-order valence-electron chi connectivity index (χ2n) is 4.27. The molecule has 2 aromatic rings. The molecule has 1 amide bonds. The average Bonchev–Trinajstić information content (AvgIpc) is 2.94. The van der Waals surface area contributed by atoms with Gasteiger partial charge < -0.3 is 9.42 Å². The van der Waals surface area contributed by atoms with E-state index in [1.807, 2.05) is 30.0 Å². The highest BCUT2D eigenvalue weighted by molar-refractivity contribution is 6.07. The molecule has 4 nitrogen and oxygen atoms in total. The Kier molecular flexibility index (Phi) is 2.21. The molecule has 1 aromatic carbocycles. The van der Waals surface area contributed by atoms with Crippen LogP contribution in [0.25, 0.3) is 0 Å². The summed E-state index contributed by atoms with van der Waals surface area (Å²) in [6, 6.07) is 8.16. The zero-order chi connectivity index (χ0) is 11.8. The van der Waals surface area contributed by atoms with Gasteiger partial charge in [-0.2, -0.15) is 0 Å². The lowest BCUT2D eigenvalue weighted by molar-refractivity contribution is 0.0981. The van der Waals surface area contributed by atoms with Crippen molar-refractivity contribution >= 4 is 11.6 Å². The average molecular weight is 228 g/mol. The third-order valence-electron chi connectivity index (χ3n) is 3.11. The SMILES string of the molecule is CC1Cc2ccccc2N1C(=O)c1cnoc1. The molecule has 0 radical (unpaired) electrons. The van der Waals surface area contributed by atoms with Gasteiger partial charge in [-0.15, -0.1) is 0 Å². The maximum atomic E-state index is 12.3.